The largest absolute Gasteiger partial charge is 0.325 e. The molecule has 0 bridgehead atoms. The first-order valence-corrected chi connectivity index (χ1v) is 10.3. The summed E-state index contributed by atoms with van der Waals surface area (Å²) in [5.41, 5.74) is 3.89. The zero-order chi connectivity index (χ0) is 20.6. The monoisotopic (exact) mass is 401 g/mol. The highest BCUT2D eigenvalue weighted by Crippen LogP contribution is 2.34. The molecular weight excluding hydrogens is 378 g/mol. The second-order valence-electron chi connectivity index (χ2n) is 7.02. The molecule has 0 aliphatic carbocycles. The van der Waals surface area contributed by atoms with E-state index >= 15 is 0 Å². The molecular formula is C20H23N3O4S. The Bertz CT molecular complexity index is 1060. The molecule has 1 heterocycles. The minimum absolute atomic E-state index is 0.0524. The van der Waals surface area contributed by atoms with E-state index in [1.54, 1.807) is 19.1 Å². The zero-order valence-electron chi connectivity index (χ0n) is 16.2. The molecule has 0 aromatic heterocycles. The van der Waals surface area contributed by atoms with Gasteiger partial charge in [-0.1, -0.05) is 12.1 Å². The fourth-order valence-electron chi connectivity index (χ4n) is 3.10. The van der Waals surface area contributed by atoms with Crippen molar-refractivity contribution in [3.8, 4) is 0 Å². The van der Waals surface area contributed by atoms with E-state index in [2.05, 4.69) is 10.6 Å². The number of nitrogens with zero attached hydrogens (tertiary/aromatic N) is 1. The Balaban J connectivity index is 1.76. The molecule has 2 aromatic rings. The van der Waals surface area contributed by atoms with Crippen LogP contribution in [0.5, 0.6) is 0 Å². The second-order valence-corrected chi connectivity index (χ2v) is 9.06. The average molecular weight is 401 g/mol. The van der Waals surface area contributed by atoms with Crippen LogP contribution in [0.2, 0.25) is 0 Å². The van der Waals surface area contributed by atoms with Gasteiger partial charge in [0.2, 0.25) is 21.8 Å². The first kappa shape index (κ1) is 20.0. The van der Waals surface area contributed by atoms with Crippen molar-refractivity contribution in [2.75, 3.05) is 24.2 Å². The molecule has 0 fully saturated rings. The Labute approximate surface area is 164 Å². The molecule has 2 amide bonds. The number of amides is 2. The van der Waals surface area contributed by atoms with Gasteiger partial charge in [0.25, 0.3) is 0 Å². The van der Waals surface area contributed by atoms with Crippen LogP contribution in [0.15, 0.2) is 41.3 Å². The van der Waals surface area contributed by atoms with E-state index in [4.69, 9.17) is 0 Å². The van der Waals surface area contributed by atoms with Gasteiger partial charge in [-0.15, -0.1) is 0 Å². The van der Waals surface area contributed by atoms with Gasteiger partial charge in [0, 0.05) is 18.4 Å². The van der Waals surface area contributed by atoms with Crippen molar-refractivity contribution in [2.24, 2.45) is 0 Å². The Morgan fingerprint density at radius 2 is 1.93 bits per heavy atom. The van der Waals surface area contributed by atoms with Crippen LogP contribution in [0, 0.1) is 13.8 Å². The topological polar surface area (TPSA) is 95.6 Å². The van der Waals surface area contributed by atoms with E-state index in [9.17, 15) is 18.0 Å². The maximum Gasteiger partial charge on any atom is 0.243 e. The minimum Gasteiger partial charge on any atom is -0.325 e. The molecule has 1 aliphatic rings. The molecule has 0 unspecified atom stereocenters. The Morgan fingerprint density at radius 3 is 2.64 bits per heavy atom. The smallest absolute Gasteiger partial charge is 0.243 e. The lowest BCUT2D eigenvalue weighted by Gasteiger charge is -2.18. The molecule has 8 heteroatoms. The highest BCUT2D eigenvalue weighted by molar-refractivity contribution is 7.89. The number of likely N-dealkylation sites (N-methyl/N-ethyl adjacent to an activating group) is 1. The quantitative estimate of drug-likeness (QED) is 0.805. The lowest BCUT2D eigenvalue weighted by atomic mass is 10.0. The molecule has 148 valence electrons. The van der Waals surface area contributed by atoms with Crippen molar-refractivity contribution in [3.63, 3.8) is 0 Å². The number of nitrogens with one attached hydrogen (secondary N) is 2. The molecule has 28 heavy (non-hydrogen) atoms. The van der Waals surface area contributed by atoms with Crippen molar-refractivity contribution in [1.29, 1.82) is 0 Å². The summed E-state index contributed by atoms with van der Waals surface area (Å²) in [7, 11) is -2.51. The van der Waals surface area contributed by atoms with Crippen LogP contribution in [0.4, 0.5) is 11.4 Å². The van der Waals surface area contributed by atoms with Crippen LogP contribution in [-0.2, 0) is 19.6 Å². The SMILES string of the molecule is Cc1cccc(NC(=O)CN(C)S(=O)(=O)c2ccc3c(c2)[C@H](C)C(=O)N3)c1C. The number of hydrogen-bond donors (Lipinski definition) is 2. The summed E-state index contributed by atoms with van der Waals surface area (Å²) < 4.78 is 26.7. The highest BCUT2D eigenvalue weighted by Gasteiger charge is 2.30. The molecule has 3 rings (SSSR count). The van der Waals surface area contributed by atoms with Gasteiger partial charge < -0.3 is 10.6 Å². The lowest BCUT2D eigenvalue weighted by Crippen LogP contribution is -2.35. The molecule has 1 aliphatic heterocycles. The van der Waals surface area contributed by atoms with Crippen LogP contribution in [0.1, 0.15) is 29.5 Å². The van der Waals surface area contributed by atoms with E-state index in [1.165, 1.54) is 19.2 Å². The number of anilines is 2. The van der Waals surface area contributed by atoms with Gasteiger partial charge in [0.15, 0.2) is 0 Å². The van der Waals surface area contributed by atoms with Gasteiger partial charge >= 0.3 is 0 Å². The standard InChI is InChI=1S/C20H23N3O4S/c1-12-6-5-7-17(13(12)2)21-19(24)11-23(4)28(26,27)15-8-9-18-16(10-15)14(3)20(25)22-18/h5-10,14H,11H2,1-4H3,(H,21,24)(H,22,25)/t14-/m0/s1. The van der Waals surface area contributed by atoms with Gasteiger partial charge in [-0.05, 0) is 61.7 Å². The molecule has 0 saturated carbocycles. The van der Waals surface area contributed by atoms with Crippen LogP contribution >= 0.6 is 0 Å². The lowest BCUT2D eigenvalue weighted by molar-refractivity contribution is -0.117. The summed E-state index contributed by atoms with van der Waals surface area (Å²) in [6.45, 7) is 5.24. The minimum atomic E-state index is -3.87. The third kappa shape index (κ3) is 3.65. The fourth-order valence-corrected chi connectivity index (χ4v) is 4.26. The molecule has 1 atom stereocenters. The molecule has 7 nitrogen and oxygen atoms in total. The molecule has 0 saturated heterocycles. The summed E-state index contributed by atoms with van der Waals surface area (Å²) in [6, 6.07) is 10.1. The number of benzene rings is 2. The Hall–Kier alpha value is -2.71. The number of hydrogen-bond acceptors (Lipinski definition) is 4. The van der Waals surface area contributed by atoms with Crippen molar-refractivity contribution < 1.29 is 18.0 Å². The maximum atomic E-state index is 12.9. The first-order chi connectivity index (χ1) is 13.1. The number of sulfonamides is 1. The number of carbonyl (C=O) groups is 2. The molecule has 0 radical (unpaired) electrons. The van der Waals surface area contributed by atoms with Crippen LogP contribution < -0.4 is 10.6 Å². The normalized spacial score (nSPS) is 16.0. The maximum absolute atomic E-state index is 12.9. The van der Waals surface area contributed by atoms with E-state index in [-0.39, 0.29) is 17.3 Å². The van der Waals surface area contributed by atoms with Gasteiger partial charge in [0.05, 0.1) is 17.4 Å². The van der Waals surface area contributed by atoms with Gasteiger partial charge in [0.1, 0.15) is 0 Å². The van der Waals surface area contributed by atoms with Crippen LogP contribution in [0.25, 0.3) is 0 Å². The van der Waals surface area contributed by atoms with E-state index in [1.807, 2.05) is 26.0 Å². The van der Waals surface area contributed by atoms with Gasteiger partial charge in [-0.3, -0.25) is 9.59 Å². The number of fused-ring (bicyclic) bond motifs is 1. The van der Waals surface area contributed by atoms with Crippen molar-refractivity contribution in [2.45, 2.75) is 31.6 Å². The summed E-state index contributed by atoms with van der Waals surface area (Å²) in [6.07, 6.45) is 0. The fraction of sp³-hybridized carbons (Fsp3) is 0.300. The first-order valence-electron chi connectivity index (χ1n) is 8.88. The van der Waals surface area contributed by atoms with Crippen molar-refractivity contribution in [3.05, 3.63) is 53.1 Å². The van der Waals surface area contributed by atoms with E-state index < -0.39 is 21.8 Å². The summed E-state index contributed by atoms with van der Waals surface area (Å²) in [5, 5.41) is 5.47. The Morgan fingerprint density at radius 1 is 1.21 bits per heavy atom. The van der Waals surface area contributed by atoms with Gasteiger partial charge in [-0.2, -0.15) is 4.31 Å². The highest BCUT2D eigenvalue weighted by atomic mass is 32.2. The third-order valence-corrected chi connectivity index (χ3v) is 6.89. The second kappa shape index (κ2) is 7.37. The van der Waals surface area contributed by atoms with E-state index in [0.717, 1.165) is 15.4 Å². The summed E-state index contributed by atoms with van der Waals surface area (Å²) >= 11 is 0. The van der Waals surface area contributed by atoms with Crippen molar-refractivity contribution >= 4 is 33.2 Å². The predicted octanol–water partition coefficient (Wildman–Crippen LogP) is 2.62. The number of rotatable bonds is 5. The van der Waals surface area contributed by atoms with E-state index in [0.29, 0.717) is 16.9 Å². The Kier molecular flexibility index (Phi) is 5.27. The molecule has 2 N–H and O–H groups in total. The van der Waals surface area contributed by atoms with Crippen LogP contribution in [-0.4, -0.2) is 38.1 Å². The van der Waals surface area contributed by atoms with Gasteiger partial charge in [-0.25, -0.2) is 8.42 Å². The molecule has 0 spiro atoms. The van der Waals surface area contributed by atoms with Crippen LogP contribution in [0.3, 0.4) is 0 Å². The average Bonchev–Trinajstić information content (AvgIpc) is 2.92. The number of aryl methyl sites for hydroxylation is 1. The molecule has 2 aromatic carbocycles. The predicted molar refractivity (Wildman–Crippen MR) is 108 cm³/mol. The number of carbonyl (C=O) groups excluding carboxylic acids is 2. The zero-order valence-corrected chi connectivity index (χ0v) is 17.1. The summed E-state index contributed by atoms with van der Waals surface area (Å²) in [5.74, 6) is -1.000. The summed E-state index contributed by atoms with van der Waals surface area (Å²) in [4.78, 5) is 24.2. The third-order valence-electron chi connectivity index (χ3n) is 5.09. The van der Waals surface area contributed by atoms with Crippen molar-refractivity contribution in [1.82, 2.24) is 4.31 Å².